The number of benzene rings is 1. The van der Waals surface area contributed by atoms with Crippen molar-refractivity contribution in [2.75, 3.05) is 29.9 Å². The molecule has 1 saturated heterocycles. The summed E-state index contributed by atoms with van der Waals surface area (Å²) in [6.07, 6.45) is -3.58. The minimum Gasteiger partial charge on any atom is -0.444 e. The van der Waals surface area contributed by atoms with E-state index in [1.807, 2.05) is 52.8 Å². The molecule has 0 unspecified atom stereocenters. The number of aryl methyl sites for hydroxylation is 1. The van der Waals surface area contributed by atoms with Gasteiger partial charge in [-0.25, -0.2) is 14.8 Å². The number of hydrogen-bond acceptors (Lipinski definition) is 6. The SMILES string of the molecule is CCc1cc(N2CCN(C(=O)OC(C)(C)C)[C@H](C)C2)ccc1Nc1ncc(C(F)(F)F)c(Cl)n1. The molecule has 0 radical (unpaired) electrons. The Morgan fingerprint density at radius 3 is 2.53 bits per heavy atom. The molecule has 1 aromatic heterocycles. The van der Waals surface area contributed by atoms with Crippen LogP contribution in [0.1, 0.15) is 45.7 Å². The normalized spacial score (nSPS) is 17.0. The molecule has 0 saturated carbocycles. The van der Waals surface area contributed by atoms with Crippen molar-refractivity contribution in [2.24, 2.45) is 0 Å². The first-order valence-corrected chi connectivity index (χ1v) is 11.4. The fourth-order valence-corrected chi connectivity index (χ4v) is 3.94. The van der Waals surface area contributed by atoms with E-state index in [2.05, 4.69) is 20.2 Å². The van der Waals surface area contributed by atoms with Crippen molar-refractivity contribution in [3.63, 3.8) is 0 Å². The van der Waals surface area contributed by atoms with E-state index in [1.54, 1.807) is 4.90 Å². The van der Waals surface area contributed by atoms with Crippen LogP contribution in [-0.2, 0) is 17.3 Å². The molecular formula is C23H29ClF3N5O2. The van der Waals surface area contributed by atoms with Crippen molar-refractivity contribution in [3.8, 4) is 0 Å². The van der Waals surface area contributed by atoms with Gasteiger partial charge in [0.25, 0.3) is 0 Å². The van der Waals surface area contributed by atoms with E-state index in [1.165, 1.54) is 0 Å². The second-order valence-electron chi connectivity index (χ2n) is 9.18. The fourth-order valence-electron chi connectivity index (χ4n) is 3.71. The smallest absolute Gasteiger partial charge is 0.420 e. The van der Waals surface area contributed by atoms with Gasteiger partial charge in [-0.3, -0.25) is 0 Å². The molecule has 34 heavy (non-hydrogen) atoms. The van der Waals surface area contributed by atoms with Gasteiger partial charge < -0.3 is 19.9 Å². The summed E-state index contributed by atoms with van der Waals surface area (Å²) in [5, 5.41) is 2.31. The second kappa shape index (κ2) is 9.85. The first-order valence-electron chi connectivity index (χ1n) is 11.0. The average Bonchev–Trinajstić information content (AvgIpc) is 2.71. The molecule has 186 valence electrons. The minimum atomic E-state index is -4.61. The number of amides is 1. The van der Waals surface area contributed by atoms with Crippen LogP contribution in [0.25, 0.3) is 0 Å². The molecular weight excluding hydrogens is 471 g/mol. The number of nitrogens with zero attached hydrogens (tertiary/aromatic N) is 4. The first-order chi connectivity index (χ1) is 15.8. The Balaban J connectivity index is 1.72. The number of piperazine rings is 1. The number of rotatable bonds is 4. The Labute approximate surface area is 202 Å². The number of aromatic nitrogens is 2. The highest BCUT2D eigenvalue weighted by molar-refractivity contribution is 6.30. The Hall–Kier alpha value is -2.75. The Morgan fingerprint density at radius 2 is 1.97 bits per heavy atom. The highest BCUT2D eigenvalue weighted by Crippen LogP contribution is 2.34. The number of alkyl halides is 3. The van der Waals surface area contributed by atoms with E-state index in [9.17, 15) is 18.0 Å². The molecule has 1 atom stereocenters. The number of hydrogen-bond donors (Lipinski definition) is 1. The molecule has 0 bridgehead atoms. The zero-order chi connectivity index (χ0) is 25.3. The average molecular weight is 500 g/mol. The molecule has 1 aromatic carbocycles. The number of halogens is 4. The van der Waals surface area contributed by atoms with Gasteiger partial charge in [0.15, 0.2) is 0 Å². The summed E-state index contributed by atoms with van der Waals surface area (Å²) in [5.74, 6) is -0.0138. The van der Waals surface area contributed by atoms with E-state index in [4.69, 9.17) is 16.3 Å². The molecule has 1 fully saturated rings. The molecule has 0 aliphatic carbocycles. The van der Waals surface area contributed by atoms with Crippen LogP contribution in [0.5, 0.6) is 0 Å². The van der Waals surface area contributed by atoms with Crippen LogP contribution in [0.3, 0.4) is 0 Å². The van der Waals surface area contributed by atoms with E-state index in [0.29, 0.717) is 37.9 Å². The molecule has 2 heterocycles. The number of anilines is 3. The van der Waals surface area contributed by atoms with Crippen LogP contribution < -0.4 is 10.2 Å². The van der Waals surface area contributed by atoms with Crippen molar-refractivity contribution in [2.45, 2.75) is 58.9 Å². The molecule has 1 amide bonds. The van der Waals surface area contributed by atoms with Gasteiger partial charge in [0, 0.05) is 43.2 Å². The highest BCUT2D eigenvalue weighted by atomic mass is 35.5. The molecule has 3 rings (SSSR count). The molecule has 2 aromatic rings. The topological polar surface area (TPSA) is 70.6 Å². The van der Waals surface area contributed by atoms with Crippen LogP contribution in [-0.4, -0.2) is 52.2 Å². The standard InChI is InChI=1S/C23H29ClF3N5O2/c1-6-15-11-16(31-9-10-32(14(2)13-31)21(33)34-22(3,4)5)7-8-18(15)29-20-28-12-17(19(24)30-20)23(25,26)27/h7-8,11-12,14H,6,9-10,13H2,1-5H3,(H,28,29,30)/t14-/m1/s1. The molecule has 1 N–H and O–H groups in total. The van der Waals surface area contributed by atoms with Crippen LogP contribution in [0.4, 0.5) is 35.3 Å². The molecule has 0 spiro atoms. The predicted octanol–water partition coefficient (Wildman–Crippen LogP) is 5.90. The summed E-state index contributed by atoms with van der Waals surface area (Å²) in [5.41, 5.74) is 0.991. The number of nitrogens with one attached hydrogen (secondary N) is 1. The van der Waals surface area contributed by atoms with Gasteiger partial charge in [0.1, 0.15) is 16.3 Å². The Bertz CT molecular complexity index is 1040. The van der Waals surface area contributed by atoms with Gasteiger partial charge in [-0.15, -0.1) is 0 Å². The van der Waals surface area contributed by atoms with E-state index in [-0.39, 0.29) is 18.1 Å². The third-order valence-corrected chi connectivity index (χ3v) is 5.67. The molecule has 1 aliphatic heterocycles. The largest absolute Gasteiger partial charge is 0.444 e. The van der Waals surface area contributed by atoms with E-state index < -0.39 is 22.5 Å². The molecule has 11 heteroatoms. The van der Waals surface area contributed by atoms with Crippen LogP contribution in [0.15, 0.2) is 24.4 Å². The summed E-state index contributed by atoms with van der Waals surface area (Å²) >= 11 is 5.71. The lowest BCUT2D eigenvalue weighted by Crippen LogP contribution is -2.55. The Kier molecular flexibility index (Phi) is 7.50. The quantitative estimate of drug-likeness (QED) is 0.528. The third kappa shape index (κ3) is 6.22. The number of carbonyl (C=O) groups excluding carboxylic acids is 1. The van der Waals surface area contributed by atoms with Crippen molar-refractivity contribution >= 4 is 35.0 Å². The molecule has 7 nitrogen and oxygen atoms in total. The van der Waals surface area contributed by atoms with Gasteiger partial charge in [-0.1, -0.05) is 18.5 Å². The minimum absolute atomic E-state index is 0.0138. The summed E-state index contributed by atoms with van der Waals surface area (Å²) in [6, 6.07) is 5.75. The number of ether oxygens (including phenoxy) is 1. The van der Waals surface area contributed by atoms with Gasteiger partial charge in [0.2, 0.25) is 5.95 Å². The summed E-state index contributed by atoms with van der Waals surface area (Å²) in [4.78, 5) is 23.9. The fraction of sp³-hybridized carbons (Fsp3) is 0.522. The lowest BCUT2D eigenvalue weighted by Gasteiger charge is -2.41. The maximum Gasteiger partial charge on any atom is 0.420 e. The summed E-state index contributed by atoms with van der Waals surface area (Å²) < 4.78 is 44.2. The van der Waals surface area contributed by atoms with Crippen LogP contribution in [0, 0.1) is 0 Å². The predicted molar refractivity (Wildman–Crippen MR) is 126 cm³/mol. The maximum absolute atomic E-state index is 12.9. The van der Waals surface area contributed by atoms with Gasteiger partial charge in [-0.05, 0) is 57.9 Å². The van der Waals surface area contributed by atoms with E-state index >= 15 is 0 Å². The van der Waals surface area contributed by atoms with Gasteiger partial charge in [0.05, 0.1) is 0 Å². The third-order valence-electron chi connectivity index (χ3n) is 5.38. The molecule has 1 aliphatic rings. The first kappa shape index (κ1) is 25.9. The number of carbonyl (C=O) groups is 1. The summed E-state index contributed by atoms with van der Waals surface area (Å²) in [6.45, 7) is 11.3. The van der Waals surface area contributed by atoms with Crippen molar-refractivity contribution in [1.29, 1.82) is 0 Å². The van der Waals surface area contributed by atoms with Gasteiger partial charge >= 0.3 is 12.3 Å². The lowest BCUT2D eigenvalue weighted by atomic mass is 10.1. The zero-order valence-electron chi connectivity index (χ0n) is 19.8. The van der Waals surface area contributed by atoms with Crippen molar-refractivity contribution in [3.05, 3.63) is 40.7 Å². The highest BCUT2D eigenvalue weighted by Gasteiger charge is 2.35. The van der Waals surface area contributed by atoms with Crippen LogP contribution >= 0.6 is 11.6 Å². The monoisotopic (exact) mass is 499 g/mol. The maximum atomic E-state index is 12.9. The lowest BCUT2D eigenvalue weighted by molar-refractivity contribution is -0.137. The Morgan fingerprint density at radius 1 is 1.26 bits per heavy atom. The van der Waals surface area contributed by atoms with E-state index in [0.717, 1.165) is 11.3 Å². The van der Waals surface area contributed by atoms with Crippen molar-refractivity contribution < 1.29 is 22.7 Å². The second-order valence-corrected chi connectivity index (χ2v) is 9.54. The van der Waals surface area contributed by atoms with Crippen molar-refractivity contribution in [1.82, 2.24) is 14.9 Å². The summed E-state index contributed by atoms with van der Waals surface area (Å²) in [7, 11) is 0. The van der Waals surface area contributed by atoms with Crippen LogP contribution in [0.2, 0.25) is 5.15 Å². The van der Waals surface area contributed by atoms with Gasteiger partial charge in [-0.2, -0.15) is 13.2 Å². The zero-order valence-corrected chi connectivity index (χ0v) is 20.6.